The van der Waals surface area contributed by atoms with Crippen LogP contribution in [-0.4, -0.2) is 20.9 Å². The van der Waals surface area contributed by atoms with Crippen molar-refractivity contribution in [3.8, 4) is 5.75 Å². The van der Waals surface area contributed by atoms with Crippen LogP contribution in [0.25, 0.3) is 0 Å². The molecule has 0 heterocycles. The van der Waals surface area contributed by atoms with Gasteiger partial charge in [0.05, 0.1) is 4.90 Å². The second kappa shape index (κ2) is 8.53. The zero-order chi connectivity index (χ0) is 19.3. The Morgan fingerprint density at radius 2 is 1.81 bits per heavy atom. The first-order chi connectivity index (χ1) is 12.2. The third-order valence-corrected chi connectivity index (χ3v) is 5.20. The van der Waals surface area contributed by atoms with Crippen molar-refractivity contribution >= 4 is 27.5 Å². The number of aryl methyl sites for hydroxylation is 1. The molecule has 8 heteroatoms. The van der Waals surface area contributed by atoms with Gasteiger partial charge in [0.25, 0.3) is 15.9 Å². The highest BCUT2D eigenvalue weighted by atomic mass is 35.5. The summed E-state index contributed by atoms with van der Waals surface area (Å²) in [5.74, 6) is 0.307. The Morgan fingerprint density at radius 1 is 1.15 bits per heavy atom. The highest BCUT2D eigenvalue weighted by molar-refractivity contribution is 7.89. The van der Waals surface area contributed by atoms with Crippen LogP contribution in [-0.2, 0) is 14.8 Å². The van der Waals surface area contributed by atoms with Gasteiger partial charge in [-0.2, -0.15) is 0 Å². The normalized spacial score (nSPS) is 11.4. The van der Waals surface area contributed by atoms with Gasteiger partial charge in [0.15, 0.2) is 6.61 Å². The lowest BCUT2D eigenvalue weighted by molar-refractivity contribution is -0.123. The molecule has 0 fully saturated rings. The highest BCUT2D eigenvalue weighted by Crippen LogP contribution is 2.24. The first kappa shape index (κ1) is 20.2. The van der Waals surface area contributed by atoms with Crippen LogP contribution in [0, 0.1) is 6.92 Å². The van der Waals surface area contributed by atoms with Crippen molar-refractivity contribution in [1.82, 2.24) is 10.3 Å². The maximum absolute atomic E-state index is 12.1. The molecule has 0 saturated heterocycles. The molecule has 0 bridgehead atoms. The van der Waals surface area contributed by atoms with Crippen LogP contribution in [0.3, 0.4) is 0 Å². The number of benzene rings is 2. The summed E-state index contributed by atoms with van der Waals surface area (Å²) in [5.41, 5.74) is 4.11. The summed E-state index contributed by atoms with van der Waals surface area (Å²) in [6.07, 6.45) is 0. The van der Waals surface area contributed by atoms with Gasteiger partial charge in [-0.25, -0.2) is 8.42 Å². The summed E-state index contributed by atoms with van der Waals surface area (Å²) in [5, 5.41) is 0.417. The topological polar surface area (TPSA) is 84.5 Å². The van der Waals surface area contributed by atoms with Crippen molar-refractivity contribution in [3.05, 3.63) is 58.6 Å². The molecular formula is C18H21ClN2O4S. The Kier molecular flexibility index (Phi) is 6.63. The fraction of sp³-hybridized carbons (Fsp3) is 0.278. The number of hydrazine groups is 1. The number of nitrogens with one attached hydrogen (secondary N) is 2. The third-order valence-electron chi connectivity index (χ3n) is 3.69. The van der Waals surface area contributed by atoms with E-state index in [-0.39, 0.29) is 11.5 Å². The molecular weight excluding hydrogens is 376 g/mol. The number of hydrogen-bond acceptors (Lipinski definition) is 4. The molecule has 26 heavy (non-hydrogen) atoms. The van der Waals surface area contributed by atoms with Gasteiger partial charge in [-0.3, -0.25) is 10.2 Å². The highest BCUT2D eigenvalue weighted by Gasteiger charge is 2.15. The number of hydrogen-bond donors (Lipinski definition) is 2. The number of sulfonamides is 1. The maximum atomic E-state index is 12.1. The number of carbonyl (C=O) groups excluding carboxylic acids is 1. The van der Waals surface area contributed by atoms with E-state index in [0.717, 1.165) is 11.1 Å². The Morgan fingerprint density at radius 3 is 2.42 bits per heavy atom. The summed E-state index contributed by atoms with van der Waals surface area (Å²) in [6.45, 7) is 5.69. The molecule has 0 spiro atoms. The molecule has 140 valence electrons. The molecule has 0 unspecified atom stereocenters. The smallest absolute Gasteiger partial charge is 0.272 e. The Hall–Kier alpha value is -2.09. The zero-order valence-corrected chi connectivity index (χ0v) is 16.3. The molecule has 6 nitrogen and oxygen atoms in total. The number of carbonyl (C=O) groups is 1. The molecule has 1 amide bonds. The second-order valence-corrected chi connectivity index (χ2v) is 8.19. The van der Waals surface area contributed by atoms with Crippen molar-refractivity contribution in [3.63, 3.8) is 0 Å². The molecule has 2 rings (SSSR count). The third kappa shape index (κ3) is 5.45. The minimum Gasteiger partial charge on any atom is -0.483 e. The molecule has 0 atom stereocenters. The molecule has 0 aliphatic carbocycles. The van der Waals surface area contributed by atoms with Gasteiger partial charge in [-0.05, 0) is 54.3 Å². The number of rotatable bonds is 7. The van der Waals surface area contributed by atoms with Crippen molar-refractivity contribution in [2.24, 2.45) is 0 Å². The van der Waals surface area contributed by atoms with E-state index >= 15 is 0 Å². The van der Waals surface area contributed by atoms with Gasteiger partial charge in [0.2, 0.25) is 0 Å². The van der Waals surface area contributed by atoms with Crippen LogP contribution in [0.1, 0.15) is 30.9 Å². The minimum absolute atomic E-state index is 0.0106. The van der Waals surface area contributed by atoms with E-state index in [0.29, 0.717) is 16.7 Å². The fourth-order valence-electron chi connectivity index (χ4n) is 2.11. The van der Waals surface area contributed by atoms with Gasteiger partial charge in [-0.1, -0.05) is 37.6 Å². The van der Waals surface area contributed by atoms with E-state index in [4.69, 9.17) is 16.3 Å². The van der Waals surface area contributed by atoms with Crippen LogP contribution in [0.15, 0.2) is 47.4 Å². The van der Waals surface area contributed by atoms with Gasteiger partial charge in [-0.15, -0.1) is 4.83 Å². The number of ether oxygens (including phenoxy) is 1. The monoisotopic (exact) mass is 396 g/mol. The van der Waals surface area contributed by atoms with Crippen LogP contribution in [0.4, 0.5) is 0 Å². The zero-order valence-electron chi connectivity index (χ0n) is 14.7. The fourth-order valence-corrected chi connectivity index (χ4v) is 3.09. The Bertz CT molecular complexity index is 881. The number of amides is 1. The van der Waals surface area contributed by atoms with E-state index in [1.807, 2.05) is 30.0 Å². The van der Waals surface area contributed by atoms with E-state index in [2.05, 4.69) is 19.3 Å². The molecule has 0 aliphatic rings. The van der Waals surface area contributed by atoms with Gasteiger partial charge in [0, 0.05) is 5.02 Å². The maximum Gasteiger partial charge on any atom is 0.272 e. The molecule has 0 aromatic heterocycles. The second-order valence-electron chi connectivity index (χ2n) is 6.08. The van der Waals surface area contributed by atoms with Crippen LogP contribution in [0.5, 0.6) is 5.75 Å². The van der Waals surface area contributed by atoms with Gasteiger partial charge < -0.3 is 4.74 Å². The molecule has 0 radical (unpaired) electrons. The lowest BCUT2D eigenvalue weighted by atomic mass is 10.0. The van der Waals surface area contributed by atoms with Crippen molar-refractivity contribution in [2.75, 3.05) is 6.61 Å². The Balaban J connectivity index is 1.93. The average molecular weight is 397 g/mol. The standard InChI is InChI=1S/C18H21ClN2O4S/c1-12(2)14-5-4-13(3)17(10-14)25-11-18(22)20-21-26(23,24)16-8-6-15(19)7-9-16/h4-10,12,21H,11H2,1-3H3,(H,20,22). The summed E-state index contributed by atoms with van der Waals surface area (Å²) in [6, 6.07) is 11.4. The lowest BCUT2D eigenvalue weighted by Crippen LogP contribution is -2.43. The average Bonchev–Trinajstić information content (AvgIpc) is 2.59. The molecule has 0 aliphatic heterocycles. The molecule has 2 aromatic carbocycles. The first-order valence-corrected chi connectivity index (χ1v) is 9.84. The van der Waals surface area contributed by atoms with E-state index in [1.54, 1.807) is 0 Å². The predicted molar refractivity (Wildman–Crippen MR) is 101 cm³/mol. The summed E-state index contributed by atoms with van der Waals surface area (Å²) < 4.78 is 29.7. The Labute approximate surface area is 158 Å². The summed E-state index contributed by atoms with van der Waals surface area (Å²) in [7, 11) is -3.88. The van der Waals surface area contributed by atoms with Gasteiger partial charge in [0.1, 0.15) is 5.75 Å². The number of halogens is 1. The largest absolute Gasteiger partial charge is 0.483 e. The first-order valence-electron chi connectivity index (χ1n) is 7.98. The molecule has 0 saturated carbocycles. The summed E-state index contributed by atoms with van der Waals surface area (Å²) in [4.78, 5) is 13.9. The SMILES string of the molecule is Cc1ccc(C(C)C)cc1OCC(=O)NNS(=O)(=O)c1ccc(Cl)cc1. The van der Waals surface area contributed by atoms with E-state index in [1.165, 1.54) is 24.3 Å². The minimum atomic E-state index is -3.88. The van der Waals surface area contributed by atoms with Crippen LogP contribution < -0.4 is 15.0 Å². The quantitative estimate of drug-likeness (QED) is 0.704. The van der Waals surface area contributed by atoms with Gasteiger partial charge >= 0.3 is 0 Å². The van der Waals surface area contributed by atoms with Crippen molar-refractivity contribution < 1.29 is 17.9 Å². The summed E-state index contributed by atoms with van der Waals surface area (Å²) >= 11 is 5.73. The lowest BCUT2D eigenvalue weighted by Gasteiger charge is -2.13. The van der Waals surface area contributed by atoms with Crippen molar-refractivity contribution in [1.29, 1.82) is 0 Å². The van der Waals surface area contributed by atoms with Crippen LogP contribution in [0.2, 0.25) is 5.02 Å². The predicted octanol–water partition coefficient (Wildman–Crippen LogP) is 3.16. The molecule has 2 N–H and O–H groups in total. The molecule has 2 aromatic rings. The van der Waals surface area contributed by atoms with E-state index in [9.17, 15) is 13.2 Å². The van der Waals surface area contributed by atoms with Crippen molar-refractivity contribution in [2.45, 2.75) is 31.6 Å². The van der Waals surface area contributed by atoms with Crippen LogP contribution >= 0.6 is 11.6 Å². The van der Waals surface area contributed by atoms with E-state index < -0.39 is 15.9 Å².